The SMILES string of the molecule is CC1(C)COC([C]2[CH][CH][CH][C]2I)=N1.[CH]1[CH][CH][CH][CH]1.[Fe+2]. The third kappa shape index (κ3) is 5.55. The standard InChI is InChI=1S/C10H11INO.C5H5.Fe/c1-10(2)6-13-9(12-10)7-4-3-5-8(7)11;1-2-4-5-3-1;/h3-5H,6H2,1-2H3;1-5H;/q;;+2. The molecule has 1 heterocycles. The smallest absolute Gasteiger partial charge is 0.478 e. The van der Waals surface area contributed by atoms with Crippen LogP contribution in [-0.2, 0) is 21.8 Å². The Balaban J connectivity index is 0.000000256. The van der Waals surface area contributed by atoms with Gasteiger partial charge in [-0.1, -0.05) is 22.6 Å². The molecule has 2 fully saturated rings. The van der Waals surface area contributed by atoms with E-state index in [1.54, 1.807) is 0 Å². The van der Waals surface area contributed by atoms with Gasteiger partial charge < -0.3 is 4.74 Å². The van der Waals surface area contributed by atoms with Crippen LogP contribution >= 0.6 is 22.6 Å². The summed E-state index contributed by atoms with van der Waals surface area (Å²) in [5, 5.41) is 0. The van der Waals surface area contributed by atoms with Gasteiger partial charge in [0, 0.05) is 0 Å². The number of ether oxygens (including phenoxy) is 1. The molecule has 3 rings (SSSR count). The Morgan fingerprint density at radius 1 is 1.05 bits per heavy atom. The molecule has 0 aromatic carbocycles. The zero-order valence-electron chi connectivity index (χ0n) is 10.9. The first-order valence-electron chi connectivity index (χ1n) is 5.89. The molecule has 3 aliphatic rings. The van der Waals surface area contributed by atoms with Gasteiger partial charge in [-0.2, -0.15) is 0 Å². The number of nitrogens with zero attached hydrogens (tertiary/aromatic N) is 1. The van der Waals surface area contributed by atoms with Gasteiger partial charge >= 0.3 is 17.1 Å². The molecule has 0 aromatic heterocycles. The maximum Gasteiger partial charge on any atom is 2.00 e. The summed E-state index contributed by atoms with van der Waals surface area (Å²) >= 11 is 2.30. The first-order valence-corrected chi connectivity index (χ1v) is 6.97. The second kappa shape index (κ2) is 8.23. The predicted molar refractivity (Wildman–Crippen MR) is 82.4 cm³/mol. The third-order valence-corrected chi connectivity index (χ3v) is 3.46. The molecular weight excluding hydrogens is 393 g/mol. The van der Waals surface area contributed by atoms with Crippen molar-refractivity contribution in [3.63, 3.8) is 0 Å². The summed E-state index contributed by atoms with van der Waals surface area (Å²) in [7, 11) is 0. The van der Waals surface area contributed by atoms with Crippen LogP contribution in [0.15, 0.2) is 4.99 Å². The minimum Gasteiger partial charge on any atom is -0.478 e. The van der Waals surface area contributed by atoms with Gasteiger partial charge in [0.05, 0.1) is 15.4 Å². The first kappa shape index (κ1) is 17.8. The van der Waals surface area contributed by atoms with Gasteiger partial charge in [-0.15, -0.1) is 0 Å². The molecule has 0 bridgehead atoms. The van der Waals surface area contributed by atoms with Crippen molar-refractivity contribution in [3.8, 4) is 0 Å². The summed E-state index contributed by atoms with van der Waals surface area (Å²) in [5.41, 5.74) is -0.0598. The maximum atomic E-state index is 5.54. The molecule has 0 saturated heterocycles. The van der Waals surface area contributed by atoms with Crippen LogP contribution < -0.4 is 0 Å². The van der Waals surface area contributed by atoms with Crippen LogP contribution in [-0.4, -0.2) is 18.0 Å². The number of hydrogen-bond donors (Lipinski definition) is 0. The molecule has 0 unspecified atom stereocenters. The molecule has 0 N–H and O–H groups in total. The largest absolute Gasteiger partial charge is 2.00 e. The molecule has 0 amide bonds. The molecule has 0 atom stereocenters. The van der Waals surface area contributed by atoms with E-state index in [0.29, 0.717) is 6.61 Å². The van der Waals surface area contributed by atoms with E-state index in [2.05, 4.69) is 47.9 Å². The second-order valence-corrected chi connectivity index (χ2v) is 5.93. The quantitative estimate of drug-likeness (QED) is 0.481. The van der Waals surface area contributed by atoms with Crippen molar-refractivity contribution < 1.29 is 21.8 Å². The van der Waals surface area contributed by atoms with Crippen molar-refractivity contribution in [2.24, 2.45) is 4.99 Å². The van der Waals surface area contributed by atoms with E-state index in [4.69, 9.17) is 4.74 Å². The van der Waals surface area contributed by atoms with Gasteiger partial charge in [0.15, 0.2) is 5.90 Å². The topological polar surface area (TPSA) is 21.6 Å². The summed E-state index contributed by atoms with van der Waals surface area (Å²) in [4.78, 5) is 4.51. The predicted octanol–water partition coefficient (Wildman–Crippen LogP) is 3.38. The van der Waals surface area contributed by atoms with Gasteiger partial charge in [0.1, 0.15) is 6.61 Å². The minimum absolute atomic E-state index is 0. The Labute approximate surface area is 142 Å². The van der Waals surface area contributed by atoms with Crippen LogP contribution in [0.1, 0.15) is 13.8 Å². The Morgan fingerprint density at radius 2 is 1.63 bits per heavy atom. The third-order valence-electron chi connectivity index (χ3n) is 2.52. The molecule has 19 heavy (non-hydrogen) atoms. The summed E-state index contributed by atoms with van der Waals surface area (Å²) in [6, 6.07) is 0. The van der Waals surface area contributed by atoms with Crippen molar-refractivity contribution in [2.75, 3.05) is 6.61 Å². The fourth-order valence-corrected chi connectivity index (χ4v) is 2.23. The zero-order chi connectivity index (χ0) is 13.0. The number of halogens is 1. The number of hydrogen-bond acceptors (Lipinski definition) is 2. The fourth-order valence-electron chi connectivity index (χ4n) is 1.61. The summed E-state index contributed by atoms with van der Waals surface area (Å²) in [6.07, 6.45) is 16.1. The molecule has 10 radical (unpaired) electrons. The van der Waals surface area contributed by atoms with E-state index in [0.717, 1.165) is 11.8 Å². The van der Waals surface area contributed by atoms with Gasteiger partial charge in [-0.25, -0.2) is 4.99 Å². The Morgan fingerprint density at radius 3 is 2.00 bits per heavy atom. The van der Waals surface area contributed by atoms with Crippen molar-refractivity contribution >= 4 is 28.5 Å². The van der Waals surface area contributed by atoms with E-state index in [1.165, 1.54) is 3.92 Å². The molecule has 0 aromatic rings. The summed E-state index contributed by atoms with van der Waals surface area (Å²) in [6.45, 7) is 4.84. The van der Waals surface area contributed by atoms with Gasteiger partial charge in [-0.05, 0) is 65.2 Å². The molecule has 100 valence electrons. The van der Waals surface area contributed by atoms with Crippen LogP contribution in [0.3, 0.4) is 0 Å². The molecule has 2 nitrogen and oxygen atoms in total. The van der Waals surface area contributed by atoms with Crippen LogP contribution in [0.5, 0.6) is 0 Å². The van der Waals surface area contributed by atoms with Crippen LogP contribution in [0.25, 0.3) is 0 Å². The molecule has 2 saturated carbocycles. The molecular formula is C15H16FeINO+2. The normalized spacial score (nSPS) is 26.2. The van der Waals surface area contributed by atoms with E-state index in [1.807, 2.05) is 44.9 Å². The molecule has 2 aliphatic carbocycles. The fraction of sp³-hybridized carbons (Fsp3) is 0.267. The van der Waals surface area contributed by atoms with Gasteiger partial charge in [-0.3, -0.25) is 0 Å². The monoisotopic (exact) mass is 409 g/mol. The van der Waals surface area contributed by atoms with Crippen molar-refractivity contribution in [2.45, 2.75) is 19.4 Å². The van der Waals surface area contributed by atoms with Crippen molar-refractivity contribution in [3.05, 3.63) is 61.2 Å². The Kier molecular flexibility index (Phi) is 7.70. The van der Waals surface area contributed by atoms with Crippen molar-refractivity contribution in [1.29, 1.82) is 0 Å². The summed E-state index contributed by atoms with van der Waals surface area (Å²) < 4.78 is 6.74. The zero-order valence-corrected chi connectivity index (χ0v) is 14.2. The maximum absolute atomic E-state index is 5.54. The Hall–Kier alpha value is 0.719. The van der Waals surface area contributed by atoms with Crippen LogP contribution in [0.2, 0.25) is 0 Å². The van der Waals surface area contributed by atoms with Gasteiger partial charge in [0.2, 0.25) is 0 Å². The van der Waals surface area contributed by atoms with E-state index in [-0.39, 0.29) is 22.6 Å². The second-order valence-electron chi connectivity index (χ2n) is 4.77. The van der Waals surface area contributed by atoms with Gasteiger partial charge in [0.25, 0.3) is 0 Å². The van der Waals surface area contributed by atoms with Crippen molar-refractivity contribution in [1.82, 2.24) is 0 Å². The van der Waals surface area contributed by atoms with E-state index in [9.17, 15) is 0 Å². The molecule has 4 heteroatoms. The Bertz CT molecular complexity index is 295. The van der Waals surface area contributed by atoms with E-state index < -0.39 is 0 Å². The molecule has 1 aliphatic heterocycles. The minimum atomic E-state index is -0.0598. The first-order chi connectivity index (χ1) is 8.58. The average Bonchev–Trinajstić information content (AvgIpc) is 3.00. The van der Waals surface area contributed by atoms with Crippen LogP contribution in [0.4, 0.5) is 0 Å². The average molecular weight is 409 g/mol. The number of rotatable bonds is 1. The number of aliphatic imine (C=N–C) groups is 1. The van der Waals surface area contributed by atoms with E-state index >= 15 is 0 Å². The molecule has 0 spiro atoms. The van der Waals surface area contributed by atoms with Crippen LogP contribution in [0, 0.1) is 61.2 Å². The summed E-state index contributed by atoms with van der Waals surface area (Å²) in [5.74, 6) is 1.91.